The SMILES string of the molecule is O=NOBO. The van der Waals surface area contributed by atoms with Crippen LogP contribution in [0.1, 0.15) is 0 Å². The molecule has 5 heavy (non-hydrogen) atoms. The van der Waals surface area contributed by atoms with Crippen LogP contribution in [0.25, 0.3) is 0 Å². The second-order valence-corrected chi connectivity index (χ2v) is 0.333. The first-order valence-corrected chi connectivity index (χ1v) is 0.970. The minimum atomic E-state index is -0.635. The van der Waals surface area contributed by atoms with Gasteiger partial charge in [0, 0.05) is 0 Å². The summed E-state index contributed by atoms with van der Waals surface area (Å²) >= 11 is 0. The van der Waals surface area contributed by atoms with Gasteiger partial charge in [-0.3, -0.25) is 0 Å². The van der Waals surface area contributed by atoms with Gasteiger partial charge >= 0.3 is 7.69 Å². The van der Waals surface area contributed by atoms with E-state index < -0.39 is 7.69 Å². The Bertz CT molecular complexity index is 28.1. The zero-order valence-electron chi connectivity index (χ0n) is 2.42. The summed E-state index contributed by atoms with van der Waals surface area (Å²) in [6.45, 7) is 0. The van der Waals surface area contributed by atoms with Crippen LogP contribution in [0.3, 0.4) is 0 Å². The molecule has 0 saturated carbocycles. The van der Waals surface area contributed by atoms with Gasteiger partial charge in [-0.2, -0.15) is 0 Å². The van der Waals surface area contributed by atoms with E-state index in [2.05, 4.69) is 4.76 Å². The van der Waals surface area contributed by atoms with Crippen molar-refractivity contribution in [2.75, 3.05) is 0 Å². The van der Waals surface area contributed by atoms with E-state index in [1.54, 1.807) is 0 Å². The van der Waals surface area contributed by atoms with Gasteiger partial charge in [0.1, 0.15) is 5.34 Å². The highest BCUT2D eigenvalue weighted by Crippen LogP contribution is 1.58. The summed E-state index contributed by atoms with van der Waals surface area (Å²) in [7, 11) is -0.635. The van der Waals surface area contributed by atoms with Crippen molar-refractivity contribution in [3.8, 4) is 0 Å². The molecule has 0 unspecified atom stereocenters. The molecular weight excluding hydrogens is 72.8 g/mol. The largest absolute Gasteiger partial charge is 0.534 e. The minimum absolute atomic E-state index is 0.635. The summed E-state index contributed by atoms with van der Waals surface area (Å²) in [4.78, 5) is 8.77. The number of hydrogen-bond acceptors (Lipinski definition) is 4. The first kappa shape index (κ1) is 4.42. The fraction of sp³-hybridized carbons (Fsp3) is 0. The molecule has 0 aromatic rings. The van der Waals surface area contributed by atoms with E-state index in [1.165, 1.54) is 0 Å². The molecule has 0 atom stereocenters. The fourth-order valence-electron chi connectivity index (χ4n) is 0.0236. The predicted molar refractivity (Wildman–Crippen MR) is 16.2 cm³/mol. The molecule has 0 aromatic carbocycles. The normalized spacial score (nSPS) is 5.80. The van der Waals surface area contributed by atoms with E-state index in [4.69, 9.17) is 9.93 Å². The molecule has 0 amide bonds. The van der Waals surface area contributed by atoms with Gasteiger partial charge in [0.2, 0.25) is 0 Å². The molecule has 0 aliphatic rings. The van der Waals surface area contributed by atoms with Crippen LogP contribution < -0.4 is 0 Å². The summed E-state index contributed by atoms with van der Waals surface area (Å²) in [6, 6.07) is 0. The summed E-state index contributed by atoms with van der Waals surface area (Å²) in [6.07, 6.45) is 0. The van der Waals surface area contributed by atoms with Gasteiger partial charge in [-0.1, -0.05) is 0 Å². The molecule has 0 saturated heterocycles. The van der Waals surface area contributed by atoms with E-state index in [9.17, 15) is 0 Å². The lowest BCUT2D eigenvalue weighted by Crippen LogP contribution is -1.85. The van der Waals surface area contributed by atoms with E-state index in [0.717, 1.165) is 0 Å². The van der Waals surface area contributed by atoms with E-state index >= 15 is 0 Å². The molecule has 0 rings (SSSR count). The average molecular weight is 74.8 g/mol. The van der Waals surface area contributed by atoms with Gasteiger partial charge in [0.05, 0.1) is 0 Å². The molecule has 0 bridgehead atoms. The van der Waals surface area contributed by atoms with E-state index in [1.807, 2.05) is 5.34 Å². The van der Waals surface area contributed by atoms with Gasteiger partial charge in [-0.05, 0) is 0 Å². The molecular formula is H2BNO3. The Morgan fingerprint density at radius 2 is 2.60 bits per heavy atom. The van der Waals surface area contributed by atoms with Crippen LogP contribution in [-0.4, -0.2) is 12.7 Å². The van der Waals surface area contributed by atoms with Crippen LogP contribution in [0.15, 0.2) is 5.34 Å². The van der Waals surface area contributed by atoms with Crippen LogP contribution in [0.5, 0.6) is 0 Å². The first-order chi connectivity index (χ1) is 2.41. The summed E-state index contributed by atoms with van der Waals surface area (Å²) in [5.74, 6) is 0. The van der Waals surface area contributed by atoms with Gasteiger partial charge in [0.25, 0.3) is 0 Å². The Morgan fingerprint density at radius 3 is 2.60 bits per heavy atom. The van der Waals surface area contributed by atoms with Gasteiger partial charge in [0.15, 0.2) is 0 Å². The van der Waals surface area contributed by atoms with Gasteiger partial charge < -0.3 is 9.78 Å². The van der Waals surface area contributed by atoms with Crippen molar-refractivity contribution in [1.82, 2.24) is 0 Å². The molecule has 0 fully saturated rings. The lowest BCUT2D eigenvalue weighted by atomic mass is 10.4. The highest BCUT2D eigenvalue weighted by atomic mass is 16.7. The summed E-state index contributed by atoms with van der Waals surface area (Å²) < 4.78 is 3.46. The number of rotatable bonds is 2. The molecule has 0 aromatic heterocycles. The first-order valence-electron chi connectivity index (χ1n) is 0.970. The predicted octanol–water partition coefficient (Wildman–Crippen LogP) is -1.06. The van der Waals surface area contributed by atoms with Gasteiger partial charge in [-0.15, -0.1) is 4.91 Å². The van der Waals surface area contributed by atoms with Crippen LogP contribution in [-0.2, 0) is 4.76 Å². The summed E-state index contributed by atoms with van der Waals surface area (Å²) in [5.41, 5.74) is 0. The lowest BCUT2D eigenvalue weighted by Gasteiger charge is -1.72. The zero-order valence-corrected chi connectivity index (χ0v) is 2.42. The van der Waals surface area contributed by atoms with Crippen LogP contribution >= 0.6 is 0 Å². The maximum absolute atomic E-state index is 8.77. The van der Waals surface area contributed by atoms with Crippen molar-refractivity contribution in [2.24, 2.45) is 5.34 Å². The second kappa shape index (κ2) is 3.42. The molecule has 0 spiro atoms. The molecule has 0 radical (unpaired) electrons. The van der Waals surface area contributed by atoms with Crippen molar-refractivity contribution >= 4 is 7.69 Å². The molecule has 0 aliphatic heterocycles. The molecule has 0 aliphatic carbocycles. The standard InChI is InChI=1S/BH2NO3/c3-1-5-2-4/h1,3H. The maximum Gasteiger partial charge on any atom is 0.534 e. The zero-order chi connectivity index (χ0) is 4.12. The van der Waals surface area contributed by atoms with Crippen molar-refractivity contribution in [1.29, 1.82) is 0 Å². The van der Waals surface area contributed by atoms with Crippen molar-refractivity contribution in [3.63, 3.8) is 0 Å². The van der Waals surface area contributed by atoms with E-state index in [0.29, 0.717) is 0 Å². The van der Waals surface area contributed by atoms with E-state index in [-0.39, 0.29) is 0 Å². The van der Waals surface area contributed by atoms with Crippen molar-refractivity contribution in [3.05, 3.63) is 4.91 Å². The van der Waals surface area contributed by atoms with Gasteiger partial charge in [-0.25, -0.2) is 0 Å². The number of nitrogens with zero attached hydrogens (tertiary/aromatic N) is 1. The van der Waals surface area contributed by atoms with Crippen LogP contribution in [0.4, 0.5) is 0 Å². The molecule has 0 heterocycles. The maximum atomic E-state index is 8.77. The minimum Gasteiger partial charge on any atom is -0.418 e. The highest BCUT2D eigenvalue weighted by Gasteiger charge is 1.73. The lowest BCUT2D eigenvalue weighted by molar-refractivity contribution is 0.297. The summed E-state index contributed by atoms with van der Waals surface area (Å²) in [5, 5.41) is 9.40. The third kappa shape index (κ3) is 3.42. The Kier molecular flexibility index (Phi) is 3.03. The third-order valence-corrected chi connectivity index (χ3v) is 0.110. The molecule has 4 nitrogen and oxygen atoms in total. The quantitative estimate of drug-likeness (QED) is 0.258. The Balaban J connectivity index is 2.40. The number of hydrogen-bond donors (Lipinski definition) is 1. The Labute approximate surface area is 29.0 Å². The van der Waals surface area contributed by atoms with Crippen molar-refractivity contribution < 1.29 is 9.78 Å². The van der Waals surface area contributed by atoms with Crippen LogP contribution in [0.2, 0.25) is 0 Å². The smallest absolute Gasteiger partial charge is 0.418 e. The third-order valence-electron chi connectivity index (χ3n) is 0.110. The Morgan fingerprint density at radius 1 is 2.00 bits per heavy atom. The fourth-order valence-corrected chi connectivity index (χ4v) is 0.0236. The molecule has 5 heteroatoms. The topological polar surface area (TPSA) is 58.9 Å². The molecule has 28 valence electrons. The Hall–Kier alpha value is -0.575. The highest BCUT2D eigenvalue weighted by molar-refractivity contribution is 6.15. The average Bonchev–Trinajstić information content (AvgIpc) is 1.41. The second-order valence-electron chi connectivity index (χ2n) is 0.333. The van der Waals surface area contributed by atoms with Crippen LogP contribution in [0, 0.1) is 4.91 Å². The molecule has 1 N–H and O–H groups in total. The monoisotopic (exact) mass is 75.0 g/mol. The van der Waals surface area contributed by atoms with Crippen molar-refractivity contribution in [2.45, 2.75) is 0 Å².